The fourth-order valence-electron chi connectivity index (χ4n) is 3.36. The fourth-order valence-corrected chi connectivity index (χ4v) is 4.03. The van der Waals surface area contributed by atoms with Crippen molar-refractivity contribution in [2.75, 3.05) is 6.54 Å². The van der Waals surface area contributed by atoms with Gasteiger partial charge in [0.2, 0.25) is 0 Å². The summed E-state index contributed by atoms with van der Waals surface area (Å²) in [6.45, 7) is 6.96. The fraction of sp³-hybridized carbons (Fsp3) is 0.526. The zero-order chi connectivity index (χ0) is 17.6. The van der Waals surface area contributed by atoms with E-state index in [4.69, 9.17) is 0 Å². The molecular formula is C19H26N4OS. The third kappa shape index (κ3) is 4.44. The van der Waals surface area contributed by atoms with E-state index in [-0.39, 0.29) is 5.91 Å². The molecule has 1 aliphatic rings. The number of piperidine rings is 1. The lowest BCUT2D eigenvalue weighted by atomic mass is 10.0. The Kier molecular flexibility index (Phi) is 6.15. The highest BCUT2D eigenvalue weighted by Crippen LogP contribution is 2.21. The first-order valence-corrected chi connectivity index (χ1v) is 9.86. The van der Waals surface area contributed by atoms with E-state index in [1.54, 1.807) is 0 Å². The number of nitrogens with zero attached hydrogens (tertiary/aromatic N) is 3. The first-order chi connectivity index (χ1) is 12.2. The molecule has 0 radical (unpaired) electrons. The quantitative estimate of drug-likeness (QED) is 0.860. The number of nitrogens with one attached hydrogen (secondary N) is 1. The van der Waals surface area contributed by atoms with Crippen LogP contribution in [0.15, 0.2) is 24.3 Å². The Labute approximate surface area is 153 Å². The lowest BCUT2D eigenvalue weighted by molar-refractivity contribution is 0.0953. The van der Waals surface area contributed by atoms with Crippen molar-refractivity contribution >= 4 is 17.4 Å². The highest BCUT2D eigenvalue weighted by Gasteiger charge is 2.20. The number of carbonyl (C=O) groups is 1. The Bertz CT molecular complexity index is 715. The maximum atomic E-state index is 12.4. The van der Waals surface area contributed by atoms with Gasteiger partial charge in [0.05, 0.1) is 5.69 Å². The van der Waals surface area contributed by atoms with Crippen LogP contribution in [0.1, 0.15) is 59.6 Å². The first kappa shape index (κ1) is 18.0. The van der Waals surface area contributed by atoms with Gasteiger partial charge in [-0.25, -0.2) is 0 Å². The van der Waals surface area contributed by atoms with Crippen LogP contribution in [0.2, 0.25) is 0 Å². The zero-order valence-electron chi connectivity index (χ0n) is 15.0. The second-order valence-corrected chi connectivity index (χ2v) is 7.42. The Balaban J connectivity index is 1.65. The van der Waals surface area contributed by atoms with Crippen molar-refractivity contribution in [1.29, 1.82) is 0 Å². The Morgan fingerprint density at radius 2 is 2.12 bits per heavy atom. The summed E-state index contributed by atoms with van der Waals surface area (Å²) in [4.78, 5) is 15.6. The van der Waals surface area contributed by atoms with E-state index in [0.29, 0.717) is 17.5 Å². The van der Waals surface area contributed by atoms with Crippen molar-refractivity contribution in [3.05, 3.63) is 46.0 Å². The minimum Gasteiger partial charge on any atom is -0.347 e. The van der Waals surface area contributed by atoms with Crippen LogP contribution >= 0.6 is 11.5 Å². The van der Waals surface area contributed by atoms with Crippen LogP contribution in [0.5, 0.6) is 0 Å². The molecule has 1 unspecified atom stereocenters. The maximum Gasteiger partial charge on any atom is 0.265 e. The van der Waals surface area contributed by atoms with Crippen molar-refractivity contribution in [2.45, 2.75) is 58.7 Å². The molecule has 1 aromatic carbocycles. The van der Waals surface area contributed by atoms with Gasteiger partial charge in [0.25, 0.3) is 5.91 Å². The summed E-state index contributed by atoms with van der Waals surface area (Å²) in [5.41, 5.74) is 3.26. The van der Waals surface area contributed by atoms with E-state index >= 15 is 0 Å². The Hall–Kier alpha value is -1.79. The van der Waals surface area contributed by atoms with Gasteiger partial charge in [-0.05, 0) is 55.4 Å². The SMILES string of the molecule is CCc1nnsc1C(=O)NCc1ccccc1CN1CCCCC1C. The summed E-state index contributed by atoms with van der Waals surface area (Å²) in [6.07, 6.45) is 4.61. The first-order valence-electron chi connectivity index (χ1n) is 9.09. The van der Waals surface area contributed by atoms with Crippen molar-refractivity contribution in [3.8, 4) is 0 Å². The molecular weight excluding hydrogens is 332 g/mol. The van der Waals surface area contributed by atoms with Crippen LogP contribution in [-0.4, -0.2) is 33.0 Å². The number of amides is 1. The van der Waals surface area contributed by atoms with Gasteiger partial charge in [-0.15, -0.1) is 5.10 Å². The van der Waals surface area contributed by atoms with Crippen LogP contribution in [0.3, 0.4) is 0 Å². The van der Waals surface area contributed by atoms with Crippen molar-refractivity contribution < 1.29 is 4.79 Å². The smallest absolute Gasteiger partial charge is 0.265 e. The highest BCUT2D eigenvalue weighted by atomic mass is 32.1. The molecule has 1 saturated heterocycles. The number of likely N-dealkylation sites (tertiary alicyclic amines) is 1. The van der Waals surface area contributed by atoms with E-state index in [1.165, 1.54) is 41.9 Å². The highest BCUT2D eigenvalue weighted by molar-refractivity contribution is 7.08. The van der Waals surface area contributed by atoms with E-state index in [0.717, 1.165) is 25.2 Å². The number of aromatic nitrogens is 2. The Morgan fingerprint density at radius 1 is 1.32 bits per heavy atom. The molecule has 3 rings (SSSR count). The molecule has 1 aromatic heterocycles. The molecule has 1 N–H and O–H groups in total. The summed E-state index contributed by atoms with van der Waals surface area (Å²) in [5.74, 6) is -0.0759. The number of hydrogen-bond acceptors (Lipinski definition) is 5. The monoisotopic (exact) mass is 358 g/mol. The van der Waals surface area contributed by atoms with Gasteiger partial charge in [0.15, 0.2) is 0 Å². The summed E-state index contributed by atoms with van der Waals surface area (Å²) in [7, 11) is 0. The molecule has 0 saturated carbocycles. The lowest BCUT2D eigenvalue weighted by Crippen LogP contribution is -2.37. The molecule has 5 nitrogen and oxygen atoms in total. The molecule has 1 aliphatic heterocycles. The van der Waals surface area contributed by atoms with Crippen LogP contribution < -0.4 is 5.32 Å². The molecule has 2 heterocycles. The predicted octanol–water partition coefficient (Wildman–Crippen LogP) is 3.40. The standard InChI is InChI=1S/C19H26N4OS/c1-3-17-18(25-22-21-17)19(24)20-12-15-9-4-5-10-16(15)13-23-11-7-6-8-14(23)2/h4-5,9-10,14H,3,6-8,11-13H2,1-2H3,(H,20,24). The molecule has 0 spiro atoms. The van der Waals surface area contributed by atoms with Crippen LogP contribution in [0.25, 0.3) is 0 Å². The van der Waals surface area contributed by atoms with Crippen molar-refractivity contribution in [1.82, 2.24) is 19.8 Å². The van der Waals surface area contributed by atoms with Gasteiger partial charge in [0.1, 0.15) is 4.88 Å². The maximum absolute atomic E-state index is 12.4. The van der Waals surface area contributed by atoms with E-state index < -0.39 is 0 Å². The summed E-state index contributed by atoms with van der Waals surface area (Å²) in [6, 6.07) is 9.03. The summed E-state index contributed by atoms with van der Waals surface area (Å²) in [5, 5.41) is 7.05. The average molecular weight is 359 g/mol. The molecule has 1 atom stereocenters. The van der Waals surface area contributed by atoms with Gasteiger partial charge >= 0.3 is 0 Å². The third-order valence-corrected chi connectivity index (χ3v) is 5.74. The molecule has 2 aromatic rings. The number of hydrogen-bond donors (Lipinski definition) is 1. The molecule has 134 valence electrons. The number of rotatable bonds is 6. The van der Waals surface area contributed by atoms with Crippen LogP contribution in [0, 0.1) is 0 Å². The number of benzene rings is 1. The molecule has 0 aliphatic carbocycles. The Morgan fingerprint density at radius 3 is 2.88 bits per heavy atom. The average Bonchev–Trinajstić information content (AvgIpc) is 3.11. The molecule has 6 heteroatoms. The lowest BCUT2D eigenvalue weighted by Gasteiger charge is -2.33. The normalized spacial score (nSPS) is 18.2. The van der Waals surface area contributed by atoms with Gasteiger partial charge < -0.3 is 5.32 Å². The van der Waals surface area contributed by atoms with E-state index in [9.17, 15) is 4.79 Å². The topological polar surface area (TPSA) is 58.1 Å². The molecule has 0 bridgehead atoms. The van der Waals surface area contributed by atoms with Gasteiger partial charge in [-0.1, -0.05) is 42.1 Å². The largest absolute Gasteiger partial charge is 0.347 e. The molecule has 25 heavy (non-hydrogen) atoms. The predicted molar refractivity (Wildman–Crippen MR) is 101 cm³/mol. The minimum atomic E-state index is -0.0759. The van der Waals surface area contributed by atoms with Gasteiger partial charge in [-0.2, -0.15) is 0 Å². The number of aryl methyl sites for hydroxylation is 1. The summed E-state index contributed by atoms with van der Waals surface area (Å²) >= 11 is 1.17. The minimum absolute atomic E-state index is 0.0759. The second-order valence-electron chi connectivity index (χ2n) is 6.67. The van der Waals surface area contributed by atoms with Crippen LogP contribution in [0.4, 0.5) is 0 Å². The second kappa shape index (κ2) is 8.54. The van der Waals surface area contributed by atoms with Crippen LogP contribution in [-0.2, 0) is 19.5 Å². The van der Waals surface area contributed by atoms with E-state index in [1.807, 2.05) is 13.0 Å². The van der Waals surface area contributed by atoms with Gasteiger partial charge in [-0.3, -0.25) is 9.69 Å². The molecule has 1 amide bonds. The van der Waals surface area contributed by atoms with E-state index in [2.05, 4.69) is 44.9 Å². The van der Waals surface area contributed by atoms with Crippen molar-refractivity contribution in [3.63, 3.8) is 0 Å². The summed E-state index contributed by atoms with van der Waals surface area (Å²) < 4.78 is 3.90. The number of carbonyl (C=O) groups excluding carboxylic acids is 1. The van der Waals surface area contributed by atoms with Gasteiger partial charge in [0, 0.05) is 19.1 Å². The molecule has 1 fully saturated rings. The zero-order valence-corrected chi connectivity index (χ0v) is 15.8. The third-order valence-electron chi connectivity index (χ3n) is 4.97. The van der Waals surface area contributed by atoms with Crippen molar-refractivity contribution in [2.24, 2.45) is 0 Å².